The number of thiophene rings is 1. The molecule has 3 aromatic rings. The molecule has 0 bridgehead atoms. The quantitative estimate of drug-likeness (QED) is 0.788. The van der Waals surface area contributed by atoms with Gasteiger partial charge in [0.25, 0.3) is 11.5 Å². The molecule has 6 heteroatoms. The van der Waals surface area contributed by atoms with Gasteiger partial charge in [0.05, 0.1) is 11.4 Å². The summed E-state index contributed by atoms with van der Waals surface area (Å²) in [6.07, 6.45) is 1.94. The van der Waals surface area contributed by atoms with Crippen LogP contribution in [-0.4, -0.2) is 27.5 Å². The van der Waals surface area contributed by atoms with Crippen LogP contribution in [0.5, 0.6) is 0 Å². The summed E-state index contributed by atoms with van der Waals surface area (Å²) in [5, 5.41) is 11.7. The summed E-state index contributed by atoms with van der Waals surface area (Å²) in [4.78, 5) is 26.8. The molecule has 1 aliphatic heterocycles. The van der Waals surface area contributed by atoms with Crippen LogP contribution in [0.4, 0.5) is 0 Å². The minimum absolute atomic E-state index is 0.0984. The molecule has 1 aromatic carbocycles. The first-order valence-electron chi connectivity index (χ1n) is 7.56. The highest BCUT2D eigenvalue weighted by Crippen LogP contribution is 2.34. The summed E-state index contributed by atoms with van der Waals surface area (Å²) < 4.78 is 0. The van der Waals surface area contributed by atoms with E-state index < -0.39 is 0 Å². The van der Waals surface area contributed by atoms with Gasteiger partial charge in [0.1, 0.15) is 0 Å². The molecule has 3 heterocycles. The van der Waals surface area contributed by atoms with Crippen molar-refractivity contribution in [1.82, 2.24) is 15.1 Å². The Morgan fingerprint density at radius 3 is 2.87 bits per heavy atom. The Bertz CT molecular complexity index is 917. The number of H-pyrrole nitrogens is 1. The number of rotatable bonds is 2. The van der Waals surface area contributed by atoms with Crippen LogP contribution in [0, 0.1) is 0 Å². The standard InChI is InChI=1S/C17H15N3O2S/c21-16-13-5-2-1-4-12(13)15(18-19-16)17(22)20-8-3-6-14(20)11-7-9-23-10-11/h1-2,4-5,7,9-10,14H,3,6,8H2,(H,19,21). The first-order chi connectivity index (χ1) is 11.3. The third kappa shape index (κ3) is 2.35. The number of carbonyl (C=O) groups excluding carboxylic acids is 1. The molecule has 0 aliphatic carbocycles. The average molecular weight is 325 g/mol. The van der Waals surface area contributed by atoms with Gasteiger partial charge in [0, 0.05) is 11.9 Å². The minimum atomic E-state index is -0.270. The molecule has 5 nitrogen and oxygen atoms in total. The molecule has 1 unspecified atom stereocenters. The smallest absolute Gasteiger partial charge is 0.275 e. The number of benzene rings is 1. The van der Waals surface area contributed by atoms with Gasteiger partial charge < -0.3 is 4.90 Å². The summed E-state index contributed by atoms with van der Waals surface area (Å²) >= 11 is 1.64. The van der Waals surface area contributed by atoms with Crippen molar-refractivity contribution in [2.24, 2.45) is 0 Å². The molecule has 0 saturated carbocycles. The Labute approximate surface area is 136 Å². The van der Waals surface area contributed by atoms with Gasteiger partial charge in [-0.05, 0) is 41.3 Å². The molecule has 2 aromatic heterocycles. The molecule has 1 aliphatic rings. The first-order valence-corrected chi connectivity index (χ1v) is 8.50. The van der Waals surface area contributed by atoms with E-state index in [1.54, 1.807) is 29.5 Å². The molecule has 0 radical (unpaired) electrons. The monoisotopic (exact) mass is 325 g/mol. The Morgan fingerprint density at radius 1 is 1.26 bits per heavy atom. The lowest BCUT2D eigenvalue weighted by atomic mass is 10.1. The van der Waals surface area contributed by atoms with Crippen molar-refractivity contribution in [3.05, 3.63) is 62.7 Å². The summed E-state index contributed by atoms with van der Waals surface area (Å²) in [5.74, 6) is -0.119. The third-order valence-corrected chi connectivity index (χ3v) is 5.04. The van der Waals surface area contributed by atoms with E-state index in [2.05, 4.69) is 21.6 Å². The van der Waals surface area contributed by atoms with E-state index in [0.29, 0.717) is 23.0 Å². The molecule has 4 rings (SSSR count). The van der Waals surface area contributed by atoms with Crippen LogP contribution in [0.1, 0.15) is 34.9 Å². The number of carbonyl (C=O) groups is 1. The van der Waals surface area contributed by atoms with E-state index in [-0.39, 0.29) is 17.5 Å². The molecular formula is C17H15N3O2S. The van der Waals surface area contributed by atoms with E-state index >= 15 is 0 Å². The summed E-state index contributed by atoms with van der Waals surface area (Å²) in [7, 11) is 0. The van der Waals surface area contributed by atoms with Gasteiger partial charge in [0.2, 0.25) is 0 Å². The van der Waals surface area contributed by atoms with E-state index in [1.807, 2.05) is 16.3 Å². The number of hydrogen-bond donors (Lipinski definition) is 1. The molecule has 1 amide bonds. The van der Waals surface area contributed by atoms with Crippen LogP contribution in [0.3, 0.4) is 0 Å². The van der Waals surface area contributed by atoms with E-state index in [1.165, 1.54) is 5.56 Å². The van der Waals surface area contributed by atoms with Gasteiger partial charge in [-0.1, -0.05) is 18.2 Å². The van der Waals surface area contributed by atoms with Crippen molar-refractivity contribution in [2.75, 3.05) is 6.54 Å². The Hall–Kier alpha value is -2.47. The van der Waals surface area contributed by atoms with Crippen LogP contribution < -0.4 is 5.56 Å². The van der Waals surface area contributed by atoms with Crippen molar-refractivity contribution in [2.45, 2.75) is 18.9 Å². The van der Waals surface area contributed by atoms with Gasteiger partial charge in [-0.2, -0.15) is 16.4 Å². The lowest BCUT2D eigenvalue weighted by Gasteiger charge is -2.24. The third-order valence-electron chi connectivity index (χ3n) is 4.34. The molecule has 23 heavy (non-hydrogen) atoms. The number of hydrogen-bond acceptors (Lipinski definition) is 4. The number of amides is 1. The molecule has 0 spiro atoms. The number of aromatic nitrogens is 2. The fourth-order valence-corrected chi connectivity index (χ4v) is 3.94. The summed E-state index contributed by atoms with van der Waals surface area (Å²) in [5.41, 5.74) is 1.23. The summed E-state index contributed by atoms with van der Waals surface area (Å²) in [6, 6.07) is 9.27. The predicted octanol–water partition coefficient (Wildman–Crippen LogP) is 2.96. The Balaban J connectivity index is 1.78. The zero-order valence-corrected chi connectivity index (χ0v) is 13.2. The zero-order valence-electron chi connectivity index (χ0n) is 12.4. The first kappa shape index (κ1) is 14.1. The van der Waals surface area contributed by atoms with Crippen molar-refractivity contribution in [3.8, 4) is 0 Å². The van der Waals surface area contributed by atoms with E-state index in [4.69, 9.17) is 0 Å². The SMILES string of the molecule is O=C(c1n[nH]c(=O)c2ccccc12)N1CCCC1c1ccsc1. The lowest BCUT2D eigenvalue weighted by Crippen LogP contribution is -2.32. The normalized spacial score (nSPS) is 17.7. The largest absolute Gasteiger partial charge is 0.330 e. The minimum Gasteiger partial charge on any atom is -0.330 e. The van der Waals surface area contributed by atoms with Gasteiger partial charge in [-0.15, -0.1) is 0 Å². The second-order valence-electron chi connectivity index (χ2n) is 5.66. The topological polar surface area (TPSA) is 66.1 Å². The maximum absolute atomic E-state index is 13.0. The number of nitrogens with one attached hydrogen (secondary N) is 1. The Kier molecular flexibility index (Phi) is 3.46. The molecule has 1 fully saturated rings. The van der Waals surface area contributed by atoms with Gasteiger partial charge >= 0.3 is 0 Å². The van der Waals surface area contributed by atoms with Crippen LogP contribution >= 0.6 is 11.3 Å². The molecule has 116 valence electrons. The second kappa shape index (κ2) is 5.62. The molecule has 1 N–H and O–H groups in total. The maximum atomic E-state index is 13.0. The number of nitrogens with zero attached hydrogens (tertiary/aromatic N) is 2. The van der Waals surface area contributed by atoms with Crippen molar-refractivity contribution in [1.29, 1.82) is 0 Å². The van der Waals surface area contributed by atoms with E-state index in [0.717, 1.165) is 12.8 Å². The fraction of sp³-hybridized carbons (Fsp3) is 0.235. The van der Waals surface area contributed by atoms with Crippen LogP contribution in [0.15, 0.2) is 45.9 Å². The fourth-order valence-electron chi connectivity index (χ4n) is 3.23. The van der Waals surface area contributed by atoms with Crippen LogP contribution in [0.25, 0.3) is 10.8 Å². The van der Waals surface area contributed by atoms with E-state index in [9.17, 15) is 9.59 Å². The van der Waals surface area contributed by atoms with Crippen molar-refractivity contribution < 1.29 is 4.79 Å². The van der Waals surface area contributed by atoms with Crippen LogP contribution in [0.2, 0.25) is 0 Å². The number of fused-ring (bicyclic) bond motifs is 1. The highest BCUT2D eigenvalue weighted by Gasteiger charge is 2.32. The van der Waals surface area contributed by atoms with Gasteiger partial charge in [0.15, 0.2) is 5.69 Å². The molecular weight excluding hydrogens is 310 g/mol. The summed E-state index contributed by atoms with van der Waals surface area (Å²) in [6.45, 7) is 0.717. The van der Waals surface area contributed by atoms with Crippen LogP contribution in [-0.2, 0) is 0 Å². The zero-order chi connectivity index (χ0) is 15.8. The average Bonchev–Trinajstić information content (AvgIpc) is 3.26. The highest BCUT2D eigenvalue weighted by molar-refractivity contribution is 7.08. The number of aromatic amines is 1. The van der Waals surface area contributed by atoms with Gasteiger partial charge in [-0.3, -0.25) is 9.59 Å². The molecule has 1 saturated heterocycles. The van der Waals surface area contributed by atoms with Gasteiger partial charge in [-0.25, -0.2) is 5.10 Å². The van der Waals surface area contributed by atoms with Crippen molar-refractivity contribution in [3.63, 3.8) is 0 Å². The number of likely N-dealkylation sites (tertiary alicyclic amines) is 1. The second-order valence-corrected chi connectivity index (χ2v) is 6.44. The predicted molar refractivity (Wildman–Crippen MR) is 89.7 cm³/mol. The lowest BCUT2D eigenvalue weighted by molar-refractivity contribution is 0.0731. The maximum Gasteiger partial charge on any atom is 0.275 e. The highest BCUT2D eigenvalue weighted by atomic mass is 32.1. The molecule has 1 atom stereocenters. The Morgan fingerprint density at radius 2 is 2.09 bits per heavy atom. The van der Waals surface area contributed by atoms with Crippen molar-refractivity contribution >= 4 is 28.0 Å².